The second kappa shape index (κ2) is 8.40. The van der Waals surface area contributed by atoms with Crippen LogP contribution in [0.15, 0.2) is 29.6 Å². The van der Waals surface area contributed by atoms with Gasteiger partial charge in [-0.3, -0.25) is 9.59 Å². The Labute approximate surface area is 168 Å². The first kappa shape index (κ1) is 19.8. The molecule has 27 heavy (non-hydrogen) atoms. The van der Waals surface area contributed by atoms with Gasteiger partial charge in [0, 0.05) is 35.8 Å². The van der Waals surface area contributed by atoms with Crippen molar-refractivity contribution in [2.24, 2.45) is 0 Å². The average Bonchev–Trinajstić information content (AvgIpc) is 3.21. The van der Waals surface area contributed by atoms with Gasteiger partial charge in [0.2, 0.25) is 11.8 Å². The molecule has 0 aliphatic carbocycles. The van der Waals surface area contributed by atoms with Crippen molar-refractivity contribution >= 4 is 34.8 Å². The van der Waals surface area contributed by atoms with E-state index in [0.717, 1.165) is 22.7 Å². The highest BCUT2D eigenvalue weighted by atomic mass is 35.5. The molecule has 2 amide bonds. The van der Waals surface area contributed by atoms with Crippen molar-refractivity contribution in [2.75, 3.05) is 7.05 Å². The van der Waals surface area contributed by atoms with Gasteiger partial charge in [-0.05, 0) is 43.9 Å². The van der Waals surface area contributed by atoms with Crippen LogP contribution in [0.2, 0.25) is 5.02 Å². The Morgan fingerprint density at radius 3 is 2.70 bits per heavy atom. The molecule has 3 rings (SSSR count). The van der Waals surface area contributed by atoms with E-state index in [4.69, 9.17) is 11.6 Å². The predicted octanol–water partition coefficient (Wildman–Crippen LogP) is 3.74. The van der Waals surface area contributed by atoms with Crippen LogP contribution in [0.1, 0.15) is 41.9 Å². The van der Waals surface area contributed by atoms with Crippen LogP contribution in [0.3, 0.4) is 0 Å². The summed E-state index contributed by atoms with van der Waals surface area (Å²) in [5.74, 6) is 0.125. The first-order valence-electron chi connectivity index (χ1n) is 9.06. The van der Waals surface area contributed by atoms with E-state index < -0.39 is 0 Å². The third-order valence-electron chi connectivity index (χ3n) is 5.00. The molecule has 5 nitrogen and oxygen atoms in total. The number of benzene rings is 1. The molecule has 1 unspecified atom stereocenters. The number of hydrogen-bond donors (Lipinski definition) is 1. The van der Waals surface area contributed by atoms with Crippen molar-refractivity contribution in [1.82, 2.24) is 15.2 Å². The molecule has 1 saturated heterocycles. The van der Waals surface area contributed by atoms with Gasteiger partial charge in [0.25, 0.3) is 0 Å². The van der Waals surface area contributed by atoms with Gasteiger partial charge in [-0.15, -0.1) is 11.3 Å². The van der Waals surface area contributed by atoms with E-state index in [1.807, 2.05) is 36.6 Å². The fourth-order valence-electron chi connectivity index (χ4n) is 3.52. The van der Waals surface area contributed by atoms with Crippen LogP contribution < -0.4 is 5.32 Å². The minimum atomic E-state index is -0.362. The molecule has 0 spiro atoms. The quantitative estimate of drug-likeness (QED) is 0.763. The van der Waals surface area contributed by atoms with Crippen molar-refractivity contribution in [2.45, 2.75) is 51.1 Å². The summed E-state index contributed by atoms with van der Waals surface area (Å²) in [5, 5.41) is 6.80. The molecule has 0 saturated carbocycles. The van der Waals surface area contributed by atoms with Gasteiger partial charge in [0.05, 0.1) is 17.2 Å². The van der Waals surface area contributed by atoms with Crippen LogP contribution in [-0.4, -0.2) is 34.3 Å². The monoisotopic (exact) mass is 405 g/mol. The van der Waals surface area contributed by atoms with E-state index >= 15 is 0 Å². The summed E-state index contributed by atoms with van der Waals surface area (Å²) in [6, 6.07) is 7.67. The highest BCUT2D eigenvalue weighted by Gasteiger charge is 2.38. The molecular weight excluding hydrogens is 382 g/mol. The van der Waals surface area contributed by atoms with E-state index in [0.29, 0.717) is 37.3 Å². The van der Waals surface area contributed by atoms with Gasteiger partial charge in [-0.2, -0.15) is 0 Å². The Hall–Kier alpha value is -1.92. The van der Waals surface area contributed by atoms with Gasteiger partial charge >= 0.3 is 0 Å². The lowest BCUT2D eigenvalue weighted by molar-refractivity contribution is -0.131. The predicted molar refractivity (Wildman–Crippen MR) is 108 cm³/mol. The zero-order valence-corrected chi connectivity index (χ0v) is 17.2. The lowest BCUT2D eigenvalue weighted by atomic mass is 9.85. The van der Waals surface area contributed by atoms with Crippen LogP contribution >= 0.6 is 22.9 Å². The Morgan fingerprint density at radius 2 is 2.11 bits per heavy atom. The summed E-state index contributed by atoms with van der Waals surface area (Å²) in [5.41, 5.74) is 1.66. The van der Waals surface area contributed by atoms with E-state index in [2.05, 4.69) is 10.3 Å². The number of nitrogens with one attached hydrogen (secondary N) is 1. The average molecular weight is 406 g/mol. The maximum Gasteiger partial charge on any atom is 0.222 e. The van der Waals surface area contributed by atoms with Crippen molar-refractivity contribution < 1.29 is 9.59 Å². The molecule has 1 aliphatic rings. The van der Waals surface area contributed by atoms with Crippen LogP contribution in [0.4, 0.5) is 0 Å². The number of carbonyl (C=O) groups is 2. The lowest BCUT2D eigenvalue weighted by Crippen LogP contribution is -2.44. The summed E-state index contributed by atoms with van der Waals surface area (Å²) < 4.78 is 0. The standard InChI is InChI=1S/C20H24ClN3O2S/c1-14-22-17(13-27-14)12-24(2)19(26)8-10-20(9-7-18(25)23-20)11-15-3-5-16(21)6-4-15/h3-6,13H,7-12H2,1-2H3,(H,23,25). The van der Waals surface area contributed by atoms with E-state index in [-0.39, 0.29) is 17.4 Å². The van der Waals surface area contributed by atoms with Crippen molar-refractivity contribution in [3.05, 3.63) is 50.9 Å². The highest BCUT2D eigenvalue weighted by molar-refractivity contribution is 7.09. The number of carbonyl (C=O) groups excluding carboxylic acids is 2. The van der Waals surface area contributed by atoms with Gasteiger partial charge in [-0.1, -0.05) is 23.7 Å². The number of rotatable bonds is 7. The number of thiazole rings is 1. The minimum absolute atomic E-state index is 0.0581. The molecule has 7 heteroatoms. The number of amides is 2. The molecule has 2 aromatic rings. The maximum absolute atomic E-state index is 12.6. The van der Waals surface area contributed by atoms with E-state index in [1.165, 1.54) is 0 Å². The van der Waals surface area contributed by atoms with Crippen LogP contribution in [0.25, 0.3) is 0 Å². The third-order valence-corrected chi connectivity index (χ3v) is 6.07. The topological polar surface area (TPSA) is 62.3 Å². The van der Waals surface area contributed by atoms with Gasteiger partial charge in [0.15, 0.2) is 0 Å². The van der Waals surface area contributed by atoms with Crippen LogP contribution in [-0.2, 0) is 22.6 Å². The summed E-state index contributed by atoms with van der Waals surface area (Å²) in [4.78, 5) is 30.6. The summed E-state index contributed by atoms with van der Waals surface area (Å²) >= 11 is 7.56. The molecule has 144 valence electrons. The van der Waals surface area contributed by atoms with Gasteiger partial charge in [0.1, 0.15) is 0 Å². The largest absolute Gasteiger partial charge is 0.350 e. The molecule has 0 bridgehead atoms. The van der Waals surface area contributed by atoms with Gasteiger partial charge < -0.3 is 10.2 Å². The molecule has 1 N–H and O–H groups in total. The summed E-state index contributed by atoms with van der Waals surface area (Å²) in [6.07, 6.45) is 2.98. The molecule has 1 aromatic carbocycles. The zero-order valence-electron chi connectivity index (χ0n) is 15.6. The zero-order chi connectivity index (χ0) is 19.4. The maximum atomic E-state index is 12.6. The first-order valence-corrected chi connectivity index (χ1v) is 10.3. The Morgan fingerprint density at radius 1 is 1.37 bits per heavy atom. The van der Waals surface area contributed by atoms with E-state index in [9.17, 15) is 9.59 Å². The number of nitrogens with zero attached hydrogens (tertiary/aromatic N) is 2. The van der Waals surface area contributed by atoms with Crippen molar-refractivity contribution in [1.29, 1.82) is 0 Å². The number of halogens is 1. The normalized spacial score (nSPS) is 19.1. The number of aryl methyl sites for hydroxylation is 1. The lowest BCUT2D eigenvalue weighted by Gasteiger charge is -2.30. The highest BCUT2D eigenvalue weighted by Crippen LogP contribution is 2.30. The second-order valence-electron chi connectivity index (χ2n) is 7.24. The fourth-order valence-corrected chi connectivity index (χ4v) is 4.25. The first-order chi connectivity index (χ1) is 12.8. The smallest absolute Gasteiger partial charge is 0.222 e. The van der Waals surface area contributed by atoms with Crippen LogP contribution in [0.5, 0.6) is 0 Å². The molecule has 0 radical (unpaired) electrons. The second-order valence-corrected chi connectivity index (χ2v) is 8.74. The van der Waals surface area contributed by atoms with Crippen molar-refractivity contribution in [3.8, 4) is 0 Å². The van der Waals surface area contributed by atoms with Crippen LogP contribution in [0, 0.1) is 6.92 Å². The van der Waals surface area contributed by atoms with E-state index in [1.54, 1.807) is 23.3 Å². The molecule has 1 aliphatic heterocycles. The third kappa shape index (κ3) is 5.30. The molecule has 1 fully saturated rings. The number of aromatic nitrogens is 1. The SMILES string of the molecule is Cc1nc(CN(C)C(=O)CCC2(Cc3ccc(Cl)cc3)CCC(=O)N2)cs1. The van der Waals surface area contributed by atoms with Gasteiger partial charge in [-0.25, -0.2) is 4.98 Å². The molecular formula is C20H24ClN3O2S. The Bertz CT molecular complexity index is 821. The summed E-state index contributed by atoms with van der Waals surface area (Å²) in [7, 11) is 1.80. The number of hydrogen-bond acceptors (Lipinski definition) is 4. The van der Waals surface area contributed by atoms with Crippen molar-refractivity contribution in [3.63, 3.8) is 0 Å². The molecule has 1 aromatic heterocycles. The summed E-state index contributed by atoms with van der Waals surface area (Å²) in [6.45, 7) is 2.47. The molecule has 2 heterocycles. The molecule has 1 atom stereocenters. The Balaban J connectivity index is 1.61. The Kier molecular flexibility index (Phi) is 6.17. The minimum Gasteiger partial charge on any atom is -0.350 e. The fraction of sp³-hybridized carbons (Fsp3) is 0.450.